The van der Waals surface area contributed by atoms with Crippen LogP contribution in [0.25, 0.3) is 10.9 Å². The number of para-hydroxylation sites is 1. The minimum atomic E-state index is -0.628. The average Bonchev–Trinajstić information content (AvgIpc) is 3.03. The van der Waals surface area contributed by atoms with Gasteiger partial charge in [0.1, 0.15) is 0 Å². The minimum absolute atomic E-state index is 0.107. The fourth-order valence-electron chi connectivity index (χ4n) is 2.36. The Hall–Kier alpha value is -0.840. The van der Waals surface area contributed by atoms with E-state index >= 15 is 0 Å². The SMILES string of the molecule is C[C@H](c1c[nH]c2ccccc12)[C@@H]1OC(=N)NC1=O.II. The second-order valence-electron chi connectivity index (χ2n) is 4.44. The van der Waals surface area contributed by atoms with Gasteiger partial charge >= 0.3 is 0 Å². The summed E-state index contributed by atoms with van der Waals surface area (Å²) in [6.07, 6.45) is 1.27. The van der Waals surface area contributed by atoms with Crippen molar-refractivity contribution in [2.75, 3.05) is 0 Å². The van der Waals surface area contributed by atoms with E-state index in [1.54, 1.807) is 0 Å². The van der Waals surface area contributed by atoms with Crippen LogP contribution in [0.5, 0.6) is 0 Å². The van der Waals surface area contributed by atoms with Crippen molar-refractivity contribution in [3.63, 3.8) is 0 Å². The van der Waals surface area contributed by atoms with Crippen molar-refractivity contribution >= 4 is 60.1 Å². The van der Waals surface area contributed by atoms with Crippen LogP contribution < -0.4 is 5.32 Å². The number of carbonyl (C=O) groups excluding carboxylic acids is 1. The Morgan fingerprint density at radius 1 is 1.35 bits per heavy atom. The Balaban J connectivity index is 0.000000704. The van der Waals surface area contributed by atoms with Crippen LogP contribution in [-0.4, -0.2) is 23.0 Å². The Morgan fingerprint density at radius 2 is 2.05 bits per heavy atom. The van der Waals surface area contributed by atoms with E-state index in [9.17, 15) is 4.79 Å². The van der Waals surface area contributed by atoms with Crippen molar-refractivity contribution in [2.24, 2.45) is 0 Å². The Labute approximate surface area is 139 Å². The number of H-pyrrole nitrogens is 1. The summed E-state index contributed by atoms with van der Waals surface area (Å²) in [6.45, 7) is 1.93. The smallest absolute Gasteiger partial charge is 0.289 e. The standard InChI is InChI=1S/C13H13N3O2.I2/c1-7(11-12(17)16-13(14)18-11)9-6-15-10-5-3-2-4-8(9)10;1-2/h2-7,11,15H,1H3,(H2,14,16,17);/t7-,11+;/m1./s1. The monoisotopic (exact) mass is 497 g/mol. The molecule has 1 fully saturated rings. The van der Waals surface area contributed by atoms with Crippen molar-refractivity contribution in [3.05, 3.63) is 36.0 Å². The zero-order chi connectivity index (χ0) is 14.7. The Kier molecular flexibility index (Phi) is 5.24. The van der Waals surface area contributed by atoms with E-state index in [0.717, 1.165) is 16.5 Å². The zero-order valence-corrected chi connectivity index (χ0v) is 14.9. The van der Waals surface area contributed by atoms with Gasteiger partial charge in [0.2, 0.25) is 0 Å². The average molecular weight is 497 g/mol. The first-order valence-corrected chi connectivity index (χ1v) is 12.2. The maximum Gasteiger partial charge on any atom is 0.289 e. The van der Waals surface area contributed by atoms with Gasteiger partial charge in [0.25, 0.3) is 11.9 Å². The third-order valence-electron chi connectivity index (χ3n) is 3.31. The number of hydrogen-bond acceptors (Lipinski definition) is 3. The van der Waals surface area contributed by atoms with Crippen molar-refractivity contribution in [3.8, 4) is 0 Å². The third kappa shape index (κ3) is 2.92. The van der Waals surface area contributed by atoms with E-state index in [1.165, 1.54) is 0 Å². The highest BCUT2D eigenvalue weighted by molar-refractivity contribution is 15.0. The molecule has 0 bridgehead atoms. The van der Waals surface area contributed by atoms with E-state index < -0.39 is 6.10 Å². The molecular weight excluding hydrogens is 484 g/mol. The van der Waals surface area contributed by atoms with E-state index in [0.29, 0.717) is 0 Å². The van der Waals surface area contributed by atoms with E-state index in [2.05, 4.69) is 47.5 Å². The number of amides is 1. The number of ether oxygens (including phenoxy) is 1. The van der Waals surface area contributed by atoms with Crippen molar-refractivity contribution in [1.82, 2.24) is 10.3 Å². The molecule has 0 unspecified atom stereocenters. The predicted molar refractivity (Wildman–Crippen MR) is 95.5 cm³/mol. The summed E-state index contributed by atoms with van der Waals surface area (Å²) in [5.74, 6) is -0.359. The van der Waals surface area contributed by atoms with Gasteiger partial charge in [-0.1, -0.05) is 25.1 Å². The number of nitrogens with one attached hydrogen (secondary N) is 3. The van der Waals surface area contributed by atoms with Gasteiger partial charge in [-0.3, -0.25) is 15.5 Å². The Bertz CT molecular complexity index is 641. The molecule has 1 aromatic carbocycles. The lowest BCUT2D eigenvalue weighted by Crippen LogP contribution is -2.28. The normalized spacial score (nSPS) is 19.1. The van der Waals surface area contributed by atoms with Crippen LogP contribution in [-0.2, 0) is 9.53 Å². The molecule has 3 N–H and O–H groups in total. The molecule has 3 rings (SSSR count). The number of halogens is 2. The molecular formula is C13H13I2N3O2. The molecule has 0 spiro atoms. The number of hydrogen-bond donors (Lipinski definition) is 3. The number of fused-ring (bicyclic) bond motifs is 1. The molecule has 1 aliphatic rings. The molecule has 1 aromatic heterocycles. The molecule has 0 radical (unpaired) electrons. The molecule has 5 nitrogen and oxygen atoms in total. The molecule has 0 aliphatic carbocycles. The van der Waals surface area contributed by atoms with Gasteiger partial charge in [0, 0.05) is 60.2 Å². The summed E-state index contributed by atoms with van der Waals surface area (Å²) in [7, 11) is 0. The van der Waals surface area contributed by atoms with Crippen LogP contribution in [0, 0.1) is 5.41 Å². The van der Waals surface area contributed by atoms with Crippen LogP contribution in [0.2, 0.25) is 0 Å². The summed E-state index contributed by atoms with van der Waals surface area (Å²) in [6, 6.07) is 7.75. The molecule has 1 saturated heterocycles. The topological polar surface area (TPSA) is 78.0 Å². The van der Waals surface area contributed by atoms with E-state index in [-0.39, 0.29) is 17.8 Å². The lowest BCUT2D eigenvalue weighted by Gasteiger charge is -2.15. The summed E-state index contributed by atoms with van der Waals surface area (Å²) in [5, 5.41) is 10.8. The Morgan fingerprint density at radius 3 is 2.70 bits per heavy atom. The lowest BCUT2D eigenvalue weighted by atomic mass is 9.94. The number of aromatic amines is 1. The van der Waals surface area contributed by atoms with Crippen LogP contribution in [0.4, 0.5) is 0 Å². The number of benzene rings is 1. The summed E-state index contributed by atoms with van der Waals surface area (Å²) in [4.78, 5) is 14.8. The van der Waals surface area contributed by atoms with Crippen LogP contribution in [0.15, 0.2) is 30.5 Å². The maximum absolute atomic E-state index is 11.7. The number of carbonyl (C=O) groups is 1. The van der Waals surface area contributed by atoms with Gasteiger partial charge in [-0.05, 0) is 11.6 Å². The number of amidine groups is 1. The molecule has 7 heteroatoms. The van der Waals surface area contributed by atoms with Crippen LogP contribution in [0.3, 0.4) is 0 Å². The molecule has 0 saturated carbocycles. The lowest BCUT2D eigenvalue weighted by molar-refractivity contribution is -0.124. The van der Waals surface area contributed by atoms with E-state index in [1.807, 2.05) is 37.4 Å². The highest BCUT2D eigenvalue weighted by atomic mass is 128. The summed E-state index contributed by atoms with van der Waals surface area (Å²) >= 11 is 4.24. The van der Waals surface area contributed by atoms with Gasteiger partial charge in [0.15, 0.2) is 6.10 Å². The molecule has 20 heavy (non-hydrogen) atoms. The predicted octanol–water partition coefficient (Wildman–Crippen LogP) is 3.49. The first-order valence-electron chi connectivity index (χ1n) is 5.93. The molecule has 2 atom stereocenters. The van der Waals surface area contributed by atoms with Crippen molar-refractivity contribution in [2.45, 2.75) is 18.9 Å². The van der Waals surface area contributed by atoms with Gasteiger partial charge in [0.05, 0.1) is 0 Å². The number of rotatable bonds is 2. The molecule has 1 amide bonds. The zero-order valence-electron chi connectivity index (χ0n) is 10.6. The molecule has 1 aliphatic heterocycles. The maximum atomic E-state index is 11.7. The second kappa shape index (κ2) is 6.74. The van der Waals surface area contributed by atoms with Gasteiger partial charge in [-0.25, -0.2) is 0 Å². The summed E-state index contributed by atoms with van der Waals surface area (Å²) in [5.41, 5.74) is 2.06. The van der Waals surface area contributed by atoms with Crippen molar-refractivity contribution < 1.29 is 9.53 Å². The molecule has 2 aromatic rings. The molecule has 106 valence electrons. The fourth-order valence-corrected chi connectivity index (χ4v) is 2.36. The van der Waals surface area contributed by atoms with Gasteiger partial charge < -0.3 is 9.72 Å². The largest absolute Gasteiger partial charge is 0.451 e. The number of aromatic nitrogens is 1. The first kappa shape index (κ1) is 15.5. The molecule has 2 heterocycles. The van der Waals surface area contributed by atoms with Crippen LogP contribution >= 0.6 is 37.2 Å². The van der Waals surface area contributed by atoms with Gasteiger partial charge in [-0.2, -0.15) is 0 Å². The minimum Gasteiger partial charge on any atom is -0.451 e. The first-order chi connectivity index (χ1) is 9.66. The fraction of sp³-hybridized carbons (Fsp3) is 0.231. The third-order valence-corrected chi connectivity index (χ3v) is 3.31. The highest BCUT2D eigenvalue weighted by Gasteiger charge is 2.36. The van der Waals surface area contributed by atoms with Crippen molar-refractivity contribution in [1.29, 1.82) is 5.41 Å². The summed E-state index contributed by atoms with van der Waals surface area (Å²) < 4.78 is 5.22. The van der Waals surface area contributed by atoms with Gasteiger partial charge in [-0.15, -0.1) is 0 Å². The van der Waals surface area contributed by atoms with E-state index in [4.69, 9.17) is 10.1 Å². The second-order valence-corrected chi connectivity index (χ2v) is 4.44. The highest BCUT2D eigenvalue weighted by Crippen LogP contribution is 2.30. The van der Waals surface area contributed by atoms with Crippen LogP contribution in [0.1, 0.15) is 18.4 Å². The quantitative estimate of drug-likeness (QED) is 0.556.